The molecule has 0 aromatic heterocycles. The first-order valence-electron chi connectivity index (χ1n) is 6.39. The van der Waals surface area contributed by atoms with Crippen LogP contribution in [0.5, 0.6) is 5.75 Å². The second-order valence-corrected chi connectivity index (χ2v) is 4.69. The molecule has 0 bridgehead atoms. The number of ether oxygens (including phenoxy) is 1. The van der Waals surface area contributed by atoms with E-state index in [1.165, 1.54) is 6.42 Å². The van der Waals surface area contributed by atoms with E-state index in [4.69, 9.17) is 15.7 Å². The number of likely N-dealkylation sites (tertiary alicyclic amines) is 1. The Balaban J connectivity index is 1.72. The molecule has 0 unspecified atom stereocenters. The van der Waals surface area contributed by atoms with Crippen molar-refractivity contribution in [2.75, 3.05) is 26.2 Å². The molecule has 0 spiro atoms. The van der Waals surface area contributed by atoms with Crippen LogP contribution < -0.4 is 10.5 Å². The Labute approximate surface area is 108 Å². The van der Waals surface area contributed by atoms with Crippen molar-refractivity contribution in [3.63, 3.8) is 0 Å². The Bertz CT molecular complexity index is 410. The molecule has 1 fully saturated rings. The van der Waals surface area contributed by atoms with E-state index in [9.17, 15) is 0 Å². The van der Waals surface area contributed by atoms with Gasteiger partial charge in [-0.05, 0) is 43.7 Å². The van der Waals surface area contributed by atoms with Crippen molar-refractivity contribution in [1.29, 1.82) is 5.26 Å². The van der Waals surface area contributed by atoms with Gasteiger partial charge in [-0.15, -0.1) is 0 Å². The average molecular weight is 245 g/mol. The zero-order valence-corrected chi connectivity index (χ0v) is 10.5. The van der Waals surface area contributed by atoms with E-state index in [2.05, 4.69) is 11.0 Å². The highest BCUT2D eigenvalue weighted by molar-refractivity contribution is 5.34. The minimum Gasteiger partial charge on any atom is -0.492 e. The van der Waals surface area contributed by atoms with Crippen LogP contribution in [0.25, 0.3) is 0 Å². The predicted octanol–water partition coefficient (Wildman–Crippen LogP) is 1.36. The number of hydrogen-bond donors (Lipinski definition) is 1. The first kappa shape index (κ1) is 12.9. The van der Waals surface area contributed by atoms with Crippen LogP contribution in [0.3, 0.4) is 0 Å². The molecular formula is C14H19N3O. The van der Waals surface area contributed by atoms with Gasteiger partial charge in [0.25, 0.3) is 0 Å². The van der Waals surface area contributed by atoms with Gasteiger partial charge in [-0.1, -0.05) is 0 Å². The summed E-state index contributed by atoms with van der Waals surface area (Å²) in [6, 6.07) is 9.61. The first-order valence-corrected chi connectivity index (χ1v) is 6.39. The topological polar surface area (TPSA) is 62.3 Å². The zero-order valence-electron chi connectivity index (χ0n) is 10.5. The maximum atomic E-state index is 8.69. The van der Waals surface area contributed by atoms with Gasteiger partial charge in [-0.25, -0.2) is 0 Å². The maximum Gasteiger partial charge on any atom is 0.119 e. The minimum absolute atomic E-state index is 0.314. The van der Waals surface area contributed by atoms with Crippen LogP contribution in [0.15, 0.2) is 24.3 Å². The lowest BCUT2D eigenvalue weighted by Crippen LogP contribution is -2.44. The molecule has 2 N–H and O–H groups in total. The molecular weight excluding hydrogens is 226 g/mol. The monoisotopic (exact) mass is 245 g/mol. The summed E-state index contributed by atoms with van der Waals surface area (Å²) in [5.41, 5.74) is 6.58. The van der Waals surface area contributed by atoms with Crippen LogP contribution in [0, 0.1) is 11.3 Å². The lowest BCUT2D eigenvalue weighted by molar-refractivity contribution is 0.171. The first-order chi connectivity index (χ1) is 8.78. The summed E-state index contributed by atoms with van der Waals surface area (Å²) in [7, 11) is 0. The van der Waals surface area contributed by atoms with Crippen LogP contribution in [-0.4, -0.2) is 37.2 Å². The molecule has 0 aliphatic carbocycles. The SMILES string of the molecule is N#Cc1ccc(OCCN2CCC[C@@H](N)C2)cc1. The second-order valence-electron chi connectivity index (χ2n) is 4.69. The van der Waals surface area contributed by atoms with Gasteiger partial charge in [0.1, 0.15) is 12.4 Å². The molecule has 2 rings (SSSR count). The van der Waals surface area contributed by atoms with Gasteiger partial charge >= 0.3 is 0 Å². The highest BCUT2D eigenvalue weighted by Gasteiger charge is 2.15. The zero-order chi connectivity index (χ0) is 12.8. The van der Waals surface area contributed by atoms with E-state index in [0.717, 1.165) is 31.8 Å². The van der Waals surface area contributed by atoms with Crippen molar-refractivity contribution in [2.45, 2.75) is 18.9 Å². The van der Waals surface area contributed by atoms with E-state index < -0.39 is 0 Å². The van der Waals surface area contributed by atoms with Gasteiger partial charge < -0.3 is 10.5 Å². The largest absolute Gasteiger partial charge is 0.492 e. The summed E-state index contributed by atoms with van der Waals surface area (Å²) < 4.78 is 5.65. The van der Waals surface area contributed by atoms with E-state index in [-0.39, 0.29) is 0 Å². The molecule has 1 heterocycles. The Morgan fingerprint density at radius 3 is 2.83 bits per heavy atom. The highest BCUT2D eigenvalue weighted by Crippen LogP contribution is 2.12. The fraction of sp³-hybridized carbons (Fsp3) is 0.500. The summed E-state index contributed by atoms with van der Waals surface area (Å²) in [5, 5.41) is 8.69. The number of rotatable bonds is 4. The fourth-order valence-corrected chi connectivity index (χ4v) is 2.21. The minimum atomic E-state index is 0.314. The molecule has 1 aromatic carbocycles. The summed E-state index contributed by atoms with van der Waals surface area (Å²) in [5.74, 6) is 0.815. The molecule has 18 heavy (non-hydrogen) atoms. The lowest BCUT2D eigenvalue weighted by Gasteiger charge is -2.30. The quantitative estimate of drug-likeness (QED) is 0.870. The molecule has 4 heteroatoms. The lowest BCUT2D eigenvalue weighted by atomic mass is 10.1. The normalized spacial score (nSPS) is 20.3. The van der Waals surface area contributed by atoms with Gasteiger partial charge in [-0.2, -0.15) is 5.26 Å². The van der Waals surface area contributed by atoms with Crippen LogP contribution in [-0.2, 0) is 0 Å². The van der Waals surface area contributed by atoms with Gasteiger partial charge in [-0.3, -0.25) is 4.90 Å². The second kappa shape index (κ2) is 6.39. The molecule has 96 valence electrons. The van der Waals surface area contributed by atoms with Crippen molar-refractivity contribution in [3.05, 3.63) is 29.8 Å². The maximum absolute atomic E-state index is 8.69. The summed E-state index contributed by atoms with van der Waals surface area (Å²) >= 11 is 0. The Kier molecular flexibility index (Phi) is 4.57. The average Bonchev–Trinajstić information content (AvgIpc) is 2.40. The number of hydrogen-bond acceptors (Lipinski definition) is 4. The van der Waals surface area contributed by atoms with E-state index in [1.807, 2.05) is 12.1 Å². The van der Waals surface area contributed by atoms with Crippen LogP contribution in [0.2, 0.25) is 0 Å². The molecule has 0 saturated carbocycles. The van der Waals surface area contributed by atoms with Crippen LogP contribution in [0.1, 0.15) is 18.4 Å². The molecule has 1 atom stereocenters. The standard InChI is InChI=1S/C14H19N3O/c15-10-12-3-5-14(6-4-12)18-9-8-17-7-1-2-13(16)11-17/h3-6,13H,1-2,7-9,11,16H2/t13-/m1/s1. The number of nitrogens with two attached hydrogens (primary N) is 1. The van der Waals surface area contributed by atoms with Crippen molar-refractivity contribution < 1.29 is 4.74 Å². The predicted molar refractivity (Wildman–Crippen MR) is 70.3 cm³/mol. The van der Waals surface area contributed by atoms with Crippen LogP contribution >= 0.6 is 0 Å². The van der Waals surface area contributed by atoms with E-state index >= 15 is 0 Å². The summed E-state index contributed by atoms with van der Waals surface area (Å²) in [6.07, 6.45) is 2.31. The third-order valence-electron chi connectivity index (χ3n) is 3.20. The van der Waals surface area contributed by atoms with Crippen molar-refractivity contribution in [3.8, 4) is 11.8 Å². The summed E-state index contributed by atoms with van der Waals surface area (Å²) in [6.45, 7) is 3.66. The highest BCUT2D eigenvalue weighted by atomic mass is 16.5. The Morgan fingerprint density at radius 2 is 2.17 bits per heavy atom. The third kappa shape index (κ3) is 3.73. The Morgan fingerprint density at radius 1 is 1.39 bits per heavy atom. The molecule has 0 radical (unpaired) electrons. The molecule has 1 saturated heterocycles. The molecule has 0 amide bonds. The number of nitrogens with zero attached hydrogens (tertiary/aromatic N) is 2. The fourth-order valence-electron chi connectivity index (χ4n) is 2.21. The number of piperidine rings is 1. The van der Waals surface area contributed by atoms with Gasteiger partial charge in [0.2, 0.25) is 0 Å². The van der Waals surface area contributed by atoms with Gasteiger partial charge in [0.15, 0.2) is 0 Å². The van der Waals surface area contributed by atoms with Gasteiger partial charge in [0.05, 0.1) is 11.6 Å². The summed E-state index contributed by atoms with van der Waals surface area (Å²) in [4.78, 5) is 2.35. The number of benzene rings is 1. The van der Waals surface area contributed by atoms with E-state index in [0.29, 0.717) is 18.2 Å². The molecule has 1 aromatic rings. The molecule has 1 aliphatic rings. The third-order valence-corrected chi connectivity index (χ3v) is 3.20. The number of nitriles is 1. The van der Waals surface area contributed by atoms with Gasteiger partial charge in [0, 0.05) is 19.1 Å². The van der Waals surface area contributed by atoms with Crippen molar-refractivity contribution >= 4 is 0 Å². The van der Waals surface area contributed by atoms with Crippen molar-refractivity contribution in [2.24, 2.45) is 5.73 Å². The molecule has 1 aliphatic heterocycles. The van der Waals surface area contributed by atoms with Crippen LogP contribution in [0.4, 0.5) is 0 Å². The molecule has 4 nitrogen and oxygen atoms in total. The smallest absolute Gasteiger partial charge is 0.119 e. The Hall–Kier alpha value is -1.57. The van der Waals surface area contributed by atoms with E-state index in [1.54, 1.807) is 12.1 Å². The van der Waals surface area contributed by atoms with Crippen molar-refractivity contribution in [1.82, 2.24) is 4.90 Å².